The lowest BCUT2D eigenvalue weighted by atomic mass is 9.70. The molecular formula is C14H26O. The highest BCUT2D eigenvalue weighted by atomic mass is 16.3. The first-order valence-electron chi connectivity index (χ1n) is 6.76. The van der Waals surface area contributed by atoms with Crippen LogP contribution in [-0.2, 0) is 0 Å². The third-order valence-corrected chi connectivity index (χ3v) is 4.75. The van der Waals surface area contributed by atoms with Gasteiger partial charge in [-0.3, -0.25) is 0 Å². The lowest BCUT2D eigenvalue weighted by Gasteiger charge is -2.38. The van der Waals surface area contributed by atoms with Crippen molar-refractivity contribution in [3.8, 4) is 0 Å². The van der Waals surface area contributed by atoms with Crippen LogP contribution < -0.4 is 0 Å². The molecule has 1 nitrogen and oxygen atoms in total. The Morgan fingerprint density at radius 1 is 0.933 bits per heavy atom. The summed E-state index contributed by atoms with van der Waals surface area (Å²) in [6, 6.07) is 0. The van der Waals surface area contributed by atoms with Crippen LogP contribution >= 0.6 is 0 Å². The molecule has 0 radical (unpaired) electrons. The number of hydrogen-bond donors (Lipinski definition) is 1. The van der Waals surface area contributed by atoms with Gasteiger partial charge in [0.25, 0.3) is 0 Å². The second-order valence-electron chi connectivity index (χ2n) is 6.54. The normalized spacial score (nSPS) is 30.6. The van der Waals surface area contributed by atoms with Crippen molar-refractivity contribution in [2.45, 2.75) is 71.3 Å². The van der Waals surface area contributed by atoms with Crippen LogP contribution in [0.5, 0.6) is 0 Å². The third kappa shape index (κ3) is 2.75. The standard InChI is InChI=1S/C14H26O/c1-14(2)9-7-12(8-10-14)13(15)11-5-3-4-6-11/h11-13,15H,3-10H2,1-2H3. The van der Waals surface area contributed by atoms with E-state index in [1.807, 2.05) is 0 Å². The second kappa shape index (κ2) is 4.45. The van der Waals surface area contributed by atoms with Gasteiger partial charge in [-0.1, -0.05) is 26.7 Å². The lowest BCUT2D eigenvalue weighted by molar-refractivity contribution is 0.0174. The molecule has 0 aliphatic heterocycles. The Morgan fingerprint density at radius 2 is 1.40 bits per heavy atom. The van der Waals surface area contributed by atoms with E-state index >= 15 is 0 Å². The Hall–Kier alpha value is -0.0400. The van der Waals surface area contributed by atoms with Crippen molar-refractivity contribution in [1.29, 1.82) is 0 Å². The molecule has 0 heterocycles. The fourth-order valence-corrected chi connectivity index (χ4v) is 3.45. The summed E-state index contributed by atoms with van der Waals surface area (Å²) in [5, 5.41) is 10.3. The van der Waals surface area contributed by atoms with E-state index in [1.54, 1.807) is 0 Å². The van der Waals surface area contributed by atoms with Gasteiger partial charge in [0.15, 0.2) is 0 Å². The van der Waals surface area contributed by atoms with Gasteiger partial charge < -0.3 is 5.11 Å². The largest absolute Gasteiger partial charge is 0.393 e. The quantitative estimate of drug-likeness (QED) is 0.736. The van der Waals surface area contributed by atoms with Crippen LogP contribution in [0.25, 0.3) is 0 Å². The summed E-state index contributed by atoms with van der Waals surface area (Å²) >= 11 is 0. The molecule has 0 bridgehead atoms. The van der Waals surface area contributed by atoms with Crippen molar-refractivity contribution in [3.05, 3.63) is 0 Å². The highest BCUT2D eigenvalue weighted by Gasteiger charge is 2.34. The number of aliphatic hydroxyl groups excluding tert-OH is 1. The molecule has 2 saturated carbocycles. The monoisotopic (exact) mass is 210 g/mol. The van der Waals surface area contributed by atoms with Gasteiger partial charge in [0.05, 0.1) is 6.10 Å². The number of hydrogen-bond acceptors (Lipinski definition) is 1. The first-order chi connectivity index (χ1) is 7.08. The molecule has 2 rings (SSSR count). The summed E-state index contributed by atoms with van der Waals surface area (Å²) < 4.78 is 0. The smallest absolute Gasteiger partial charge is 0.0596 e. The average molecular weight is 210 g/mol. The molecule has 0 spiro atoms. The molecular weight excluding hydrogens is 184 g/mol. The van der Waals surface area contributed by atoms with Crippen LogP contribution in [0.4, 0.5) is 0 Å². The van der Waals surface area contributed by atoms with Gasteiger partial charge >= 0.3 is 0 Å². The van der Waals surface area contributed by atoms with E-state index in [0.717, 1.165) is 0 Å². The highest BCUT2D eigenvalue weighted by molar-refractivity contribution is 4.86. The highest BCUT2D eigenvalue weighted by Crippen LogP contribution is 2.42. The van der Waals surface area contributed by atoms with Crippen molar-refractivity contribution < 1.29 is 5.11 Å². The summed E-state index contributed by atoms with van der Waals surface area (Å²) in [6.07, 6.45) is 10.4. The van der Waals surface area contributed by atoms with E-state index in [1.165, 1.54) is 51.4 Å². The van der Waals surface area contributed by atoms with Crippen LogP contribution in [0, 0.1) is 17.3 Å². The third-order valence-electron chi connectivity index (χ3n) is 4.75. The molecule has 0 aromatic rings. The van der Waals surface area contributed by atoms with Gasteiger partial charge in [-0.05, 0) is 55.8 Å². The predicted octanol–water partition coefficient (Wildman–Crippen LogP) is 3.75. The van der Waals surface area contributed by atoms with Crippen molar-refractivity contribution >= 4 is 0 Å². The fraction of sp³-hybridized carbons (Fsp3) is 1.00. The average Bonchev–Trinajstić information content (AvgIpc) is 2.69. The Bertz CT molecular complexity index is 193. The molecule has 1 unspecified atom stereocenters. The van der Waals surface area contributed by atoms with Crippen LogP contribution in [0.1, 0.15) is 65.2 Å². The first kappa shape index (κ1) is 11.4. The van der Waals surface area contributed by atoms with Gasteiger partial charge in [0.2, 0.25) is 0 Å². The zero-order valence-electron chi connectivity index (χ0n) is 10.3. The summed E-state index contributed by atoms with van der Waals surface area (Å²) in [6.45, 7) is 4.73. The minimum absolute atomic E-state index is 0.0172. The van der Waals surface area contributed by atoms with Crippen LogP contribution in [0.3, 0.4) is 0 Å². The van der Waals surface area contributed by atoms with Gasteiger partial charge in [0.1, 0.15) is 0 Å². The zero-order valence-corrected chi connectivity index (χ0v) is 10.3. The lowest BCUT2D eigenvalue weighted by Crippen LogP contribution is -2.33. The van der Waals surface area contributed by atoms with E-state index in [4.69, 9.17) is 0 Å². The molecule has 1 N–H and O–H groups in total. The van der Waals surface area contributed by atoms with Gasteiger partial charge in [-0.25, -0.2) is 0 Å². The van der Waals surface area contributed by atoms with E-state index in [9.17, 15) is 5.11 Å². The summed E-state index contributed by atoms with van der Waals surface area (Å²) in [5.41, 5.74) is 0.534. The summed E-state index contributed by atoms with van der Waals surface area (Å²) in [7, 11) is 0. The molecule has 1 atom stereocenters. The van der Waals surface area contributed by atoms with Crippen LogP contribution in [0.15, 0.2) is 0 Å². The Labute approximate surface area is 94.3 Å². The molecule has 0 aromatic carbocycles. The van der Waals surface area contributed by atoms with Crippen LogP contribution in [-0.4, -0.2) is 11.2 Å². The maximum atomic E-state index is 10.3. The predicted molar refractivity (Wildman–Crippen MR) is 63.7 cm³/mol. The molecule has 15 heavy (non-hydrogen) atoms. The fourth-order valence-electron chi connectivity index (χ4n) is 3.45. The Morgan fingerprint density at radius 3 is 1.93 bits per heavy atom. The maximum absolute atomic E-state index is 10.3. The van der Waals surface area contributed by atoms with E-state index in [2.05, 4.69) is 13.8 Å². The van der Waals surface area contributed by atoms with E-state index in [0.29, 0.717) is 17.3 Å². The van der Waals surface area contributed by atoms with E-state index in [-0.39, 0.29) is 6.10 Å². The molecule has 88 valence electrons. The molecule has 2 fully saturated rings. The minimum atomic E-state index is 0.0172. The van der Waals surface area contributed by atoms with Crippen molar-refractivity contribution in [2.24, 2.45) is 17.3 Å². The van der Waals surface area contributed by atoms with E-state index < -0.39 is 0 Å². The van der Waals surface area contributed by atoms with Crippen LogP contribution in [0.2, 0.25) is 0 Å². The van der Waals surface area contributed by atoms with Gasteiger partial charge in [-0.15, -0.1) is 0 Å². The van der Waals surface area contributed by atoms with Crippen molar-refractivity contribution in [1.82, 2.24) is 0 Å². The number of rotatable bonds is 2. The Kier molecular flexibility index (Phi) is 3.39. The molecule has 2 aliphatic carbocycles. The maximum Gasteiger partial charge on any atom is 0.0596 e. The van der Waals surface area contributed by atoms with Crippen molar-refractivity contribution in [2.75, 3.05) is 0 Å². The molecule has 1 heteroatoms. The zero-order chi connectivity index (χ0) is 10.9. The molecule has 0 amide bonds. The number of aliphatic hydroxyl groups is 1. The Balaban J connectivity index is 1.84. The summed E-state index contributed by atoms with van der Waals surface area (Å²) in [5.74, 6) is 1.25. The summed E-state index contributed by atoms with van der Waals surface area (Å²) in [4.78, 5) is 0. The topological polar surface area (TPSA) is 20.2 Å². The molecule has 0 aromatic heterocycles. The SMILES string of the molecule is CC1(C)CCC(C(O)C2CCCC2)CC1. The first-order valence-corrected chi connectivity index (χ1v) is 6.76. The van der Waals surface area contributed by atoms with Gasteiger partial charge in [0, 0.05) is 0 Å². The van der Waals surface area contributed by atoms with Gasteiger partial charge in [-0.2, -0.15) is 0 Å². The molecule has 2 aliphatic rings. The van der Waals surface area contributed by atoms with Crippen molar-refractivity contribution in [3.63, 3.8) is 0 Å². The second-order valence-corrected chi connectivity index (χ2v) is 6.54. The molecule has 0 saturated heterocycles. The minimum Gasteiger partial charge on any atom is -0.393 e.